The number of piperidine rings is 1. The van der Waals surface area contributed by atoms with Gasteiger partial charge in [-0.2, -0.15) is 0 Å². The lowest BCUT2D eigenvalue weighted by Gasteiger charge is -2.32. The number of amides is 1. The van der Waals surface area contributed by atoms with Crippen molar-refractivity contribution >= 4 is 33.2 Å². The molecule has 1 fully saturated rings. The average Bonchev–Trinajstić information content (AvgIpc) is 3.31. The van der Waals surface area contributed by atoms with Crippen LogP contribution in [0.5, 0.6) is 0 Å². The lowest BCUT2D eigenvalue weighted by atomic mass is 10.0. The number of carbonyl (C=O) groups excluding carboxylic acids is 1. The van der Waals surface area contributed by atoms with E-state index in [1.54, 1.807) is 12.1 Å². The van der Waals surface area contributed by atoms with Crippen molar-refractivity contribution in [3.8, 4) is 0 Å². The molecule has 182 valence electrons. The minimum Gasteiger partial charge on any atom is -0.349 e. The van der Waals surface area contributed by atoms with Gasteiger partial charge >= 0.3 is 0 Å². The maximum Gasteiger partial charge on any atom is 0.265 e. The fourth-order valence-electron chi connectivity index (χ4n) is 4.86. The molecule has 1 amide bonds. The van der Waals surface area contributed by atoms with Gasteiger partial charge in [0.2, 0.25) is 0 Å². The Morgan fingerprint density at radius 3 is 2.43 bits per heavy atom. The summed E-state index contributed by atoms with van der Waals surface area (Å²) in [5, 5.41) is 3.20. The molecule has 6 nitrogen and oxygen atoms in total. The molecule has 3 aromatic carbocycles. The number of nitrogens with one attached hydrogen (secondary N) is 1. The van der Waals surface area contributed by atoms with E-state index in [1.165, 1.54) is 22.0 Å². The van der Waals surface area contributed by atoms with E-state index in [1.807, 2.05) is 36.4 Å². The van der Waals surface area contributed by atoms with Gasteiger partial charge in [0.05, 0.1) is 10.7 Å². The van der Waals surface area contributed by atoms with E-state index in [0.29, 0.717) is 24.2 Å². The number of fused-ring (bicyclic) bond motifs is 1. The smallest absolute Gasteiger partial charge is 0.265 e. The first kappa shape index (κ1) is 23.9. The van der Waals surface area contributed by atoms with Gasteiger partial charge in [0, 0.05) is 37.8 Å². The number of rotatable bonds is 6. The van der Waals surface area contributed by atoms with Crippen LogP contribution in [0.3, 0.4) is 0 Å². The summed E-state index contributed by atoms with van der Waals surface area (Å²) < 4.78 is 28.3. The Labute approximate surface area is 211 Å². The number of likely N-dealkylation sites (tertiary alicyclic amines) is 1. The van der Waals surface area contributed by atoms with Gasteiger partial charge in [-0.1, -0.05) is 60.1 Å². The van der Waals surface area contributed by atoms with Crippen molar-refractivity contribution in [2.75, 3.05) is 23.9 Å². The Kier molecular flexibility index (Phi) is 6.82. The van der Waals surface area contributed by atoms with Gasteiger partial charge in [0.1, 0.15) is 4.90 Å². The minimum atomic E-state index is -3.89. The number of para-hydroxylation sites is 1. The molecular formula is C27H28ClN3O3S. The number of nitrogens with zero attached hydrogens (tertiary/aromatic N) is 2. The largest absolute Gasteiger partial charge is 0.349 e. The first-order valence-electron chi connectivity index (χ1n) is 11.9. The van der Waals surface area contributed by atoms with Gasteiger partial charge in [0.25, 0.3) is 15.9 Å². The molecule has 0 aromatic heterocycles. The second-order valence-corrected chi connectivity index (χ2v) is 11.3. The Morgan fingerprint density at radius 1 is 0.943 bits per heavy atom. The second kappa shape index (κ2) is 10.0. The molecule has 0 aliphatic carbocycles. The van der Waals surface area contributed by atoms with Crippen molar-refractivity contribution < 1.29 is 13.2 Å². The summed E-state index contributed by atoms with van der Waals surface area (Å²) in [7, 11) is -3.89. The highest BCUT2D eigenvalue weighted by molar-refractivity contribution is 7.93. The molecule has 35 heavy (non-hydrogen) atoms. The van der Waals surface area contributed by atoms with E-state index in [9.17, 15) is 13.2 Å². The minimum absolute atomic E-state index is 0.0406. The normalized spacial score (nSPS) is 16.8. The van der Waals surface area contributed by atoms with Crippen molar-refractivity contribution in [1.82, 2.24) is 10.2 Å². The Bertz CT molecular complexity index is 1320. The van der Waals surface area contributed by atoms with Gasteiger partial charge in [0.15, 0.2) is 0 Å². The van der Waals surface area contributed by atoms with Crippen LogP contribution in [-0.4, -0.2) is 44.9 Å². The van der Waals surface area contributed by atoms with Crippen LogP contribution in [0, 0.1) is 0 Å². The maximum absolute atomic E-state index is 13.5. The number of carbonyl (C=O) groups is 1. The summed E-state index contributed by atoms with van der Waals surface area (Å²) >= 11 is 6.32. The lowest BCUT2D eigenvalue weighted by molar-refractivity contribution is 0.0908. The van der Waals surface area contributed by atoms with E-state index < -0.39 is 10.0 Å². The molecule has 0 radical (unpaired) electrons. The monoisotopic (exact) mass is 509 g/mol. The van der Waals surface area contributed by atoms with Crippen molar-refractivity contribution in [1.29, 1.82) is 0 Å². The van der Waals surface area contributed by atoms with Crippen LogP contribution in [0.15, 0.2) is 77.7 Å². The molecule has 5 rings (SSSR count). The Balaban J connectivity index is 1.26. The molecule has 2 heterocycles. The number of halogens is 1. The number of sulfonamides is 1. The van der Waals surface area contributed by atoms with E-state index in [2.05, 4.69) is 22.3 Å². The van der Waals surface area contributed by atoms with Crippen LogP contribution in [0.1, 0.15) is 34.3 Å². The van der Waals surface area contributed by atoms with E-state index in [0.717, 1.165) is 38.0 Å². The lowest BCUT2D eigenvalue weighted by Crippen LogP contribution is -2.44. The zero-order valence-electron chi connectivity index (χ0n) is 19.4. The fourth-order valence-corrected chi connectivity index (χ4v) is 6.87. The molecule has 0 spiro atoms. The highest BCUT2D eigenvalue weighted by Crippen LogP contribution is 2.35. The zero-order chi connectivity index (χ0) is 24.4. The zero-order valence-corrected chi connectivity index (χ0v) is 20.9. The number of hydrogen-bond donors (Lipinski definition) is 1. The van der Waals surface area contributed by atoms with Gasteiger partial charge in [-0.3, -0.25) is 14.0 Å². The van der Waals surface area contributed by atoms with Crippen molar-refractivity contribution in [3.63, 3.8) is 0 Å². The number of hydrogen-bond acceptors (Lipinski definition) is 4. The Morgan fingerprint density at radius 2 is 1.66 bits per heavy atom. The molecule has 3 aromatic rings. The molecule has 0 saturated carbocycles. The third-order valence-electron chi connectivity index (χ3n) is 6.78. The molecular weight excluding hydrogens is 482 g/mol. The van der Waals surface area contributed by atoms with Crippen LogP contribution in [0.25, 0.3) is 0 Å². The second-order valence-electron chi connectivity index (χ2n) is 9.11. The molecule has 0 bridgehead atoms. The van der Waals surface area contributed by atoms with Gasteiger partial charge in [-0.15, -0.1) is 0 Å². The van der Waals surface area contributed by atoms with Gasteiger partial charge < -0.3 is 5.32 Å². The van der Waals surface area contributed by atoms with Crippen LogP contribution in [0.4, 0.5) is 5.69 Å². The third-order valence-corrected chi connectivity index (χ3v) is 9.07. The van der Waals surface area contributed by atoms with E-state index in [4.69, 9.17) is 11.6 Å². The van der Waals surface area contributed by atoms with Crippen LogP contribution >= 0.6 is 11.6 Å². The Hall–Kier alpha value is -2.87. The summed E-state index contributed by atoms with van der Waals surface area (Å²) in [6.07, 6.45) is 2.35. The third kappa shape index (κ3) is 5.08. The molecule has 0 unspecified atom stereocenters. The van der Waals surface area contributed by atoms with E-state index >= 15 is 0 Å². The number of benzene rings is 3. The first-order chi connectivity index (χ1) is 16.9. The standard InChI is InChI=1S/C27H28ClN3O3S/c28-24-11-10-22(18-26(24)35(33,34)31-17-12-21-8-4-5-9-25(21)31)27(32)29-23-13-15-30(16-14-23)19-20-6-2-1-3-7-20/h1-11,18,23H,12-17,19H2,(H,29,32). The molecule has 2 aliphatic heterocycles. The summed E-state index contributed by atoms with van der Waals surface area (Å²) in [6.45, 7) is 3.05. The fraction of sp³-hybridized carbons (Fsp3) is 0.296. The average molecular weight is 510 g/mol. The summed E-state index contributed by atoms with van der Waals surface area (Å²) in [5.74, 6) is -0.276. The predicted octanol–water partition coefficient (Wildman–Crippen LogP) is 4.49. The maximum atomic E-state index is 13.5. The predicted molar refractivity (Wildman–Crippen MR) is 138 cm³/mol. The molecule has 8 heteroatoms. The van der Waals surface area contributed by atoms with Crippen LogP contribution in [0.2, 0.25) is 5.02 Å². The molecule has 0 atom stereocenters. The van der Waals surface area contributed by atoms with Crippen molar-refractivity contribution in [2.24, 2.45) is 0 Å². The van der Waals surface area contributed by atoms with Crippen LogP contribution in [-0.2, 0) is 23.0 Å². The van der Waals surface area contributed by atoms with Gasteiger partial charge in [-0.25, -0.2) is 8.42 Å². The first-order valence-corrected chi connectivity index (χ1v) is 13.7. The van der Waals surface area contributed by atoms with Crippen molar-refractivity contribution in [2.45, 2.75) is 36.7 Å². The van der Waals surface area contributed by atoms with Crippen molar-refractivity contribution in [3.05, 3.63) is 94.5 Å². The number of anilines is 1. The SMILES string of the molecule is O=C(NC1CCN(Cc2ccccc2)CC1)c1ccc(Cl)c(S(=O)(=O)N2CCc3ccccc32)c1. The molecule has 1 saturated heterocycles. The highest BCUT2D eigenvalue weighted by atomic mass is 35.5. The topological polar surface area (TPSA) is 69.7 Å². The van der Waals surface area contributed by atoms with Gasteiger partial charge in [-0.05, 0) is 54.7 Å². The van der Waals surface area contributed by atoms with E-state index in [-0.39, 0.29) is 21.9 Å². The molecule has 2 aliphatic rings. The quantitative estimate of drug-likeness (QED) is 0.531. The molecule has 1 N–H and O–H groups in total. The summed E-state index contributed by atoms with van der Waals surface area (Å²) in [5.41, 5.74) is 3.23. The van der Waals surface area contributed by atoms with Crippen LogP contribution < -0.4 is 9.62 Å². The highest BCUT2D eigenvalue weighted by Gasteiger charge is 2.33. The summed E-state index contributed by atoms with van der Waals surface area (Å²) in [6, 6.07) is 22.3. The summed E-state index contributed by atoms with van der Waals surface area (Å²) in [4.78, 5) is 15.4.